The van der Waals surface area contributed by atoms with Crippen LogP contribution in [0.1, 0.15) is 47.1 Å². The zero-order valence-corrected chi connectivity index (χ0v) is 18.7. The number of aromatic nitrogens is 4. The van der Waals surface area contributed by atoms with Gasteiger partial charge in [0.2, 0.25) is 5.89 Å². The molecule has 0 saturated heterocycles. The van der Waals surface area contributed by atoms with Gasteiger partial charge in [-0.2, -0.15) is 18.3 Å². The van der Waals surface area contributed by atoms with Gasteiger partial charge in [-0.3, -0.25) is 4.68 Å². The highest BCUT2D eigenvalue weighted by atomic mass is 19.4. The van der Waals surface area contributed by atoms with Crippen LogP contribution in [0.3, 0.4) is 0 Å². The normalized spacial score (nSPS) is 20.4. The van der Waals surface area contributed by atoms with E-state index in [4.69, 9.17) is 4.42 Å². The van der Waals surface area contributed by atoms with Crippen LogP contribution in [0.5, 0.6) is 0 Å². The Morgan fingerprint density at radius 1 is 1.24 bits per heavy atom. The lowest BCUT2D eigenvalue weighted by Crippen LogP contribution is -2.42. The fourth-order valence-electron chi connectivity index (χ4n) is 4.79. The van der Waals surface area contributed by atoms with Gasteiger partial charge >= 0.3 is 12.1 Å². The number of benzene rings is 2. The number of carbonyl (C=O) groups is 1. The average Bonchev–Trinajstić information content (AvgIpc) is 3.41. The van der Waals surface area contributed by atoms with E-state index in [1.54, 1.807) is 17.1 Å². The number of methoxy groups -OCH3 is 1. The van der Waals surface area contributed by atoms with Gasteiger partial charge in [-0.15, -0.1) is 0 Å². The lowest BCUT2D eigenvalue weighted by atomic mass is 9.58. The van der Waals surface area contributed by atoms with E-state index in [0.29, 0.717) is 17.3 Å². The van der Waals surface area contributed by atoms with E-state index in [1.165, 1.54) is 6.07 Å². The van der Waals surface area contributed by atoms with Crippen LogP contribution in [0.4, 0.5) is 13.2 Å². The highest BCUT2D eigenvalue weighted by Gasteiger charge is 2.48. The molecule has 4 aromatic rings. The van der Waals surface area contributed by atoms with Crippen LogP contribution in [0, 0.1) is 5.92 Å². The van der Waals surface area contributed by atoms with Gasteiger partial charge in [0.15, 0.2) is 11.4 Å². The molecule has 10 heteroatoms. The first kappa shape index (κ1) is 22.1. The van der Waals surface area contributed by atoms with E-state index in [9.17, 15) is 18.0 Å². The SMILES string of the molecule is COC(=O)c1cc(C(F)(F)F)c2oc(-c3cccc(C4(c5ncn(C)n5)CC(C)C4)c3)nc2c1. The van der Waals surface area contributed by atoms with Crippen molar-refractivity contribution in [3.63, 3.8) is 0 Å². The number of ether oxygens (including phenoxy) is 1. The number of halogens is 3. The molecule has 176 valence electrons. The number of nitrogens with zero attached hydrogens (tertiary/aromatic N) is 4. The van der Waals surface area contributed by atoms with E-state index in [0.717, 1.165) is 31.6 Å². The fraction of sp³-hybridized carbons (Fsp3) is 0.333. The number of rotatable bonds is 4. The molecular formula is C24H21F3N4O3. The Bertz CT molecular complexity index is 1400. The molecule has 2 aromatic carbocycles. The van der Waals surface area contributed by atoms with Crippen molar-refractivity contribution in [3.8, 4) is 11.5 Å². The molecule has 0 atom stereocenters. The Balaban J connectivity index is 1.63. The van der Waals surface area contributed by atoms with Gasteiger partial charge < -0.3 is 9.15 Å². The highest BCUT2D eigenvalue weighted by Crippen LogP contribution is 2.51. The number of oxazole rings is 1. The number of esters is 1. The molecule has 2 heterocycles. The van der Waals surface area contributed by atoms with Crippen molar-refractivity contribution in [2.75, 3.05) is 7.11 Å². The molecule has 2 aromatic heterocycles. The van der Waals surface area contributed by atoms with Gasteiger partial charge in [0, 0.05) is 12.6 Å². The van der Waals surface area contributed by atoms with Gasteiger partial charge in [0.1, 0.15) is 17.4 Å². The van der Waals surface area contributed by atoms with Crippen molar-refractivity contribution >= 4 is 17.1 Å². The third kappa shape index (κ3) is 3.53. The third-order valence-corrected chi connectivity index (χ3v) is 6.30. The summed E-state index contributed by atoms with van der Waals surface area (Å²) >= 11 is 0. The number of hydrogen-bond donors (Lipinski definition) is 0. The largest absolute Gasteiger partial charge is 0.465 e. The minimum atomic E-state index is -4.74. The molecule has 0 spiro atoms. The summed E-state index contributed by atoms with van der Waals surface area (Å²) in [5.74, 6) is 0.344. The van der Waals surface area contributed by atoms with E-state index in [1.807, 2.05) is 25.2 Å². The van der Waals surface area contributed by atoms with Gasteiger partial charge in [-0.05, 0) is 48.6 Å². The number of fused-ring (bicyclic) bond motifs is 1. The molecule has 5 rings (SSSR count). The van der Waals surface area contributed by atoms with Crippen LogP contribution in [0.25, 0.3) is 22.6 Å². The first-order chi connectivity index (χ1) is 16.1. The molecule has 0 aliphatic heterocycles. The second-order valence-corrected chi connectivity index (χ2v) is 8.80. The van der Waals surface area contributed by atoms with Crippen molar-refractivity contribution in [2.24, 2.45) is 13.0 Å². The van der Waals surface area contributed by atoms with E-state index >= 15 is 0 Å². The quantitative estimate of drug-likeness (QED) is 0.384. The van der Waals surface area contributed by atoms with Crippen molar-refractivity contribution < 1.29 is 27.1 Å². The predicted molar refractivity (Wildman–Crippen MR) is 116 cm³/mol. The topological polar surface area (TPSA) is 83.0 Å². The number of hydrogen-bond acceptors (Lipinski definition) is 6. The first-order valence-electron chi connectivity index (χ1n) is 10.7. The Morgan fingerprint density at radius 3 is 2.62 bits per heavy atom. The van der Waals surface area contributed by atoms with Gasteiger partial charge in [0.05, 0.1) is 18.1 Å². The highest BCUT2D eigenvalue weighted by molar-refractivity contribution is 5.95. The molecular weight excluding hydrogens is 449 g/mol. The Kier molecular flexibility index (Phi) is 5.00. The summed E-state index contributed by atoms with van der Waals surface area (Å²) < 4.78 is 53.0. The second kappa shape index (κ2) is 7.68. The number of aryl methyl sites for hydroxylation is 1. The molecule has 1 fully saturated rings. The van der Waals surface area contributed by atoms with Gasteiger partial charge in [-0.1, -0.05) is 19.1 Å². The standard InChI is InChI=1S/C24H21F3N4O3/c1-13-10-23(11-13,22-28-12-31(2)30-22)16-6-4-5-14(7-16)20-29-18-9-15(21(32)33-3)8-17(19(18)34-20)24(25,26)27/h4-9,12-13H,10-11H2,1-3H3. The molecule has 7 nitrogen and oxygen atoms in total. The Hall–Kier alpha value is -3.69. The summed E-state index contributed by atoms with van der Waals surface area (Å²) in [5, 5.41) is 4.52. The molecule has 0 unspecified atom stereocenters. The smallest absolute Gasteiger partial charge is 0.420 e. The summed E-state index contributed by atoms with van der Waals surface area (Å²) in [6, 6.07) is 9.33. The molecule has 1 aliphatic rings. The maximum Gasteiger partial charge on any atom is 0.420 e. The van der Waals surface area contributed by atoms with Crippen LogP contribution >= 0.6 is 0 Å². The van der Waals surface area contributed by atoms with Crippen LogP contribution < -0.4 is 0 Å². The maximum absolute atomic E-state index is 13.7. The first-order valence-corrected chi connectivity index (χ1v) is 10.7. The van der Waals surface area contributed by atoms with Crippen molar-refractivity contribution in [1.82, 2.24) is 19.7 Å². The third-order valence-electron chi connectivity index (χ3n) is 6.30. The van der Waals surface area contributed by atoms with Crippen molar-refractivity contribution in [2.45, 2.75) is 31.4 Å². The summed E-state index contributed by atoms with van der Waals surface area (Å²) in [5.41, 5.74) is -0.744. The van der Waals surface area contributed by atoms with Crippen LogP contribution in [-0.4, -0.2) is 32.8 Å². The average molecular weight is 470 g/mol. The molecule has 0 bridgehead atoms. The molecule has 0 radical (unpaired) electrons. The van der Waals surface area contributed by atoms with E-state index in [-0.39, 0.29) is 22.4 Å². The minimum absolute atomic E-state index is 0.0286. The van der Waals surface area contributed by atoms with Crippen LogP contribution in [0.2, 0.25) is 0 Å². The zero-order valence-electron chi connectivity index (χ0n) is 18.7. The van der Waals surface area contributed by atoms with Gasteiger partial charge in [0.25, 0.3) is 0 Å². The lowest BCUT2D eigenvalue weighted by molar-refractivity contribution is -0.136. The predicted octanol–water partition coefficient (Wildman–Crippen LogP) is 5.14. The Labute approximate surface area is 192 Å². The summed E-state index contributed by atoms with van der Waals surface area (Å²) in [6.07, 6.45) is -1.37. The Morgan fingerprint density at radius 2 is 2.00 bits per heavy atom. The molecule has 0 N–H and O–H groups in total. The van der Waals surface area contributed by atoms with E-state index in [2.05, 4.69) is 26.7 Å². The second-order valence-electron chi connectivity index (χ2n) is 8.80. The fourth-order valence-corrected chi connectivity index (χ4v) is 4.79. The van der Waals surface area contributed by atoms with Crippen molar-refractivity contribution in [1.29, 1.82) is 0 Å². The summed E-state index contributed by atoms with van der Waals surface area (Å²) in [7, 11) is 2.91. The minimum Gasteiger partial charge on any atom is -0.465 e. The van der Waals surface area contributed by atoms with Crippen LogP contribution in [-0.2, 0) is 23.4 Å². The lowest BCUT2D eigenvalue weighted by Gasteiger charge is -2.45. The monoisotopic (exact) mass is 470 g/mol. The number of carbonyl (C=O) groups excluding carboxylic acids is 1. The summed E-state index contributed by atoms with van der Waals surface area (Å²) in [6.45, 7) is 2.16. The molecule has 1 aliphatic carbocycles. The molecule has 1 saturated carbocycles. The van der Waals surface area contributed by atoms with E-state index < -0.39 is 23.3 Å². The maximum atomic E-state index is 13.7. The van der Waals surface area contributed by atoms with Crippen molar-refractivity contribution in [3.05, 3.63) is 65.2 Å². The number of alkyl halides is 3. The molecule has 34 heavy (non-hydrogen) atoms. The van der Waals surface area contributed by atoms with Gasteiger partial charge in [-0.25, -0.2) is 14.8 Å². The summed E-state index contributed by atoms with van der Waals surface area (Å²) in [4.78, 5) is 20.7. The van der Waals surface area contributed by atoms with Crippen LogP contribution in [0.15, 0.2) is 47.1 Å². The molecule has 0 amide bonds. The zero-order chi connectivity index (χ0) is 24.3.